The van der Waals surface area contributed by atoms with E-state index in [1.54, 1.807) is 18.7 Å². The molecule has 36 heavy (non-hydrogen) atoms. The first-order valence-corrected chi connectivity index (χ1v) is 13.3. The van der Waals surface area contributed by atoms with Gasteiger partial charge in [-0.1, -0.05) is 63.3 Å². The third-order valence-electron chi connectivity index (χ3n) is 7.48. The third kappa shape index (κ3) is 5.47. The molecule has 8 heteroatoms. The lowest BCUT2D eigenvalue weighted by Crippen LogP contribution is -2.64. The van der Waals surface area contributed by atoms with Gasteiger partial charge in [-0.25, -0.2) is 4.79 Å². The summed E-state index contributed by atoms with van der Waals surface area (Å²) in [5.74, 6) is -1.07. The number of rotatable bonds is 7. The minimum absolute atomic E-state index is 0.0807. The Labute approximate surface area is 213 Å². The van der Waals surface area contributed by atoms with E-state index in [9.17, 15) is 14.4 Å². The highest BCUT2D eigenvalue weighted by Crippen LogP contribution is 2.30. The van der Waals surface area contributed by atoms with Gasteiger partial charge in [0.15, 0.2) is 5.69 Å². The zero-order chi connectivity index (χ0) is 25.7. The number of hydrogen-bond acceptors (Lipinski definition) is 5. The van der Waals surface area contributed by atoms with Gasteiger partial charge < -0.3 is 15.0 Å². The molecular formula is C28H38N4O4. The second-order valence-electron chi connectivity index (χ2n) is 10.1. The molecule has 1 aromatic heterocycles. The monoisotopic (exact) mass is 494 g/mol. The van der Waals surface area contributed by atoms with Gasteiger partial charge in [0.25, 0.3) is 5.91 Å². The van der Waals surface area contributed by atoms with Gasteiger partial charge in [0.1, 0.15) is 11.2 Å². The molecule has 0 bridgehead atoms. The van der Waals surface area contributed by atoms with Crippen LogP contribution in [0.3, 0.4) is 0 Å². The minimum Gasteiger partial charge on any atom is -0.461 e. The molecule has 1 atom stereocenters. The van der Waals surface area contributed by atoms with Crippen molar-refractivity contribution in [1.29, 1.82) is 0 Å². The van der Waals surface area contributed by atoms with E-state index in [-0.39, 0.29) is 43.2 Å². The standard InChI is InChI=1S/C28H38N4O4/c1-4-20-13-15-21(16-14-20)18-31-25(33)24-17-23(26(34)36-5-2)30-32(24)19-28(31,3)27(35)29-22-11-9-7-6-8-10-12-22/h13-17,22H,4-12,18-19H2,1-3H3,(H,29,35)/t28-/m0/s1. The molecule has 1 saturated carbocycles. The van der Waals surface area contributed by atoms with E-state index >= 15 is 0 Å². The van der Waals surface area contributed by atoms with Crippen molar-refractivity contribution in [2.24, 2.45) is 0 Å². The molecule has 0 unspecified atom stereocenters. The summed E-state index contributed by atoms with van der Waals surface area (Å²) in [5, 5.41) is 7.62. The Bertz CT molecular complexity index is 1090. The molecular weight excluding hydrogens is 456 g/mol. The van der Waals surface area contributed by atoms with Gasteiger partial charge in [-0.15, -0.1) is 0 Å². The van der Waals surface area contributed by atoms with E-state index in [2.05, 4.69) is 29.5 Å². The fourth-order valence-electron chi connectivity index (χ4n) is 5.20. The van der Waals surface area contributed by atoms with Crippen molar-refractivity contribution in [1.82, 2.24) is 20.0 Å². The number of carbonyl (C=O) groups is 3. The van der Waals surface area contributed by atoms with Crippen molar-refractivity contribution in [2.45, 2.75) is 96.8 Å². The predicted molar refractivity (Wildman–Crippen MR) is 137 cm³/mol. The maximum atomic E-state index is 13.8. The van der Waals surface area contributed by atoms with Crippen LogP contribution in [0.4, 0.5) is 0 Å². The first-order chi connectivity index (χ1) is 17.4. The number of carbonyl (C=O) groups excluding carboxylic acids is 3. The fraction of sp³-hybridized carbons (Fsp3) is 0.571. The zero-order valence-electron chi connectivity index (χ0n) is 21.7. The summed E-state index contributed by atoms with van der Waals surface area (Å²) in [6.45, 7) is 6.30. The largest absolute Gasteiger partial charge is 0.461 e. The van der Waals surface area contributed by atoms with E-state index in [1.807, 2.05) is 12.1 Å². The van der Waals surface area contributed by atoms with Gasteiger partial charge in [0, 0.05) is 18.7 Å². The molecule has 194 valence electrons. The maximum Gasteiger partial charge on any atom is 0.358 e. The Kier molecular flexibility index (Phi) is 8.11. The number of fused-ring (bicyclic) bond motifs is 1. The van der Waals surface area contributed by atoms with E-state index in [0.29, 0.717) is 5.69 Å². The molecule has 1 aliphatic heterocycles. The van der Waals surface area contributed by atoms with Crippen molar-refractivity contribution < 1.29 is 19.1 Å². The van der Waals surface area contributed by atoms with Crippen molar-refractivity contribution in [3.63, 3.8) is 0 Å². The van der Waals surface area contributed by atoms with Crippen LogP contribution in [0.5, 0.6) is 0 Å². The van der Waals surface area contributed by atoms with E-state index < -0.39 is 11.5 Å². The number of benzene rings is 1. The Morgan fingerprint density at radius 3 is 2.33 bits per heavy atom. The molecule has 1 aromatic carbocycles. The van der Waals surface area contributed by atoms with Crippen LogP contribution >= 0.6 is 0 Å². The molecule has 1 fully saturated rings. The Morgan fingerprint density at radius 1 is 1.06 bits per heavy atom. The average molecular weight is 495 g/mol. The third-order valence-corrected chi connectivity index (χ3v) is 7.48. The van der Waals surface area contributed by atoms with Crippen LogP contribution in [-0.4, -0.2) is 50.7 Å². The summed E-state index contributed by atoms with van der Waals surface area (Å²) in [6.07, 6.45) is 8.66. The fourth-order valence-corrected chi connectivity index (χ4v) is 5.20. The number of nitrogens with one attached hydrogen (secondary N) is 1. The normalized spacial score (nSPS) is 20.9. The number of hydrogen-bond donors (Lipinski definition) is 1. The zero-order valence-corrected chi connectivity index (χ0v) is 21.7. The summed E-state index contributed by atoms with van der Waals surface area (Å²) >= 11 is 0. The Morgan fingerprint density at radius 2 is 1.69 bits per heavy atom. The summed E-state index contributed by atoms with van der Waals surface area (Å²) in [6, 6.07) is 9.70. The van der Waals surface area contributed by atoms with E-state index in [0.717, 1.165) is 37.7 Å². The molecule has 8 nitrogen and oxygen atoms in total. The molecule has 1 aliphatic carbocycles. The Hall–Kier alpha value is -3.16. The lowest BCUT2D eigenvalue weighted by Gasteiger charge is -2.44. The van der Waals surface area contributed by atoms with Gasteiger partial charge in [0.05, 0.1) is 13.2 Å². The first-order valence-electron chi connectivity index (χ1n) is 13.3. The second-order valence-corrected chi connectivity index (χ2v) is 10.1. The number of nitrogens with zero attached hydrogens (tertiary/aromatic N) is 3. The first kappa shape index (κ1) is 25.9. The van der Waals surface area contributed by atoms with Crippen LogP contribution in [0, 0.1) is 0 Å². The highest BCUT2D eigenvalue weighted by Gasteiger charge is 2.48. The molecule has 2 aromatic rings. The van der Waals surface area contributed by atoms with Gasteiger partial charge in [0.2, 0.25) is 5.91 Å². The van der Waals surface area contributed by atoms with Crippen molar-refractivity contribution in [3.05, 3.63) is 52.8 Å². The smallest absolute Gasteiger partial charge is 0.358 e. The highest BCUT2D eigenvalue weighted by atomic mass is 16.5. The molecule has 2 heterocycles. The van der Waals surface area contributed by atoms with Crippen molar-refractivity contribution in [3.8, 4) is 0 Å². The quantitative estimate of drug-likeness (QED) is 0.581. The molecule has 0 spiro atoms. The highest BCUT2D eigenvalue weighted by molar-refractivity contribution is 6.01. The second kappa shape index (κ2) is 11.3. The van der Waals surface area contributed by atoms with Crippen LogP contribution in [0.15, 0.2) is 30.3 Å². The molecule has 2 amide bonds. The van der Waals surface area contributed by atoms with Crippen LogP contribution in [-0.2, 0) is 29.0 Å². The van der Waals surface area contributed by atoms with Crippen LogP contribution in [0.2, 0.25) is 0 Å². The lowest BCUT2D eigenvalue weighted by molar-refractivity contribution is -0.134. The van der Waals surface area contributed by atoms with E-state index in [4.69, 9.17) is 4.74 Å². The predicted octanol–water partition coefficient (Wildman–Crippen LogP) is 4.27. The number of aryl methyl sites for hydroxylation is 1. The summed E-state index contributed by atoms with van der Waals surface area (Å²) in [4.78, 5) is 41.6. The maximum absolute atomic E-state index is 13.8. The molecule has 4 rings (SSSR count). The minimum atomic E-state index is -1.16. The summed E-state index contributed by atoms with van der Waals surface area (Å²) in [5.41, 5.74) is 1.37. The van der Waals surface area contributed by atoms with Crippen LogP contribution in [0.25, 0.3) is 0 Å². The molecule has 1 N–H and O–H groups in total. The number of ether oxygens (including phenoxy) is 1. The molecule has 2 aliphatic rings. The van der Waals surface area contributed by atoms with Crippen molar-refractivity contribution in [2.75, 3.05) is 6.61 Å². The topological polar surface area (TPSA) is 93.5 Å². The van der Waals surface area contributed by atoms with Crippen molar-refractivity contribution >= 4 is 17.8 Å². The number of aromatic nitrogens is 2. The Balaban J connectivity index is 1.65. The molecule has 0 saturated heterocycles. The van der Waals surface area contributed by atoms with Gasteiger partial charge in [-0.05, 0) is 44.2 Å². The number of amides is 2. The molecule has 0 radical (unpaired) electrons. The SMILES string of the molecule is CCOC(=O)c1cc2n(n1)C[C@@](C)(C(=O)NC1CCCCCCC1)N(Cc1ccc(CC)cc1)C2=O. The van der Waals surface area contributed by atoms with Crippen LogP contribution < -0.4 is 5.32 Å². The summed E-state index contributed by atoms with van der Waals surface area (Å²) < 4.78 is 6.58. The lowest BCUT2D eigenvalue weighted by atomic mass is 9.91. The van der Waals surface area contributed by atoms with Gasteiger partial charge in [-0.2, -0.15) is 5.10 Å². The van der Waals surface area contributed by atoms with E-state index in [1.165, 1.54) is 35.6 Å². The van der Waals surface area contributed by atoms with Gasteiger partial charge >= 0.3 is 5.97 Å². The van der Waals surface area contributed by atoms with Gasteiger partial charge in [-0.3, -0.25) is 14.3 Å². The van der Waals surface area contributed by atoms with Crippen LogP contribution in [0.1, 0.15) is 97.8 Å². The average Bonchev–Trinajstić information content (AvgIpc) is 3.28. The summed E-state index contributed by atoms with van der Waals surface area (Å²) in [7, 11) is 0. The number of esters is 1.